The number of carbonyl (C=O) groups is 1. The van der Waals surface area contributed by atoms with Gasteiger partial charge in [0.05, 0.1) is 17.0 Å². The van der Waals surface area contributed by atoms with Gasteiger partial charge in [0.1, 0.15) is 0 Å². The molecule has 0 saturated carbocycles. The van der Waals surface area contributed by atoms with E-state index in [-0.39, 0.29) is 17.1 Å². The summed E-state index contributed by atoms with van der Waals surface area (Å²) in [6, 6.07) is 5.34. The average Bonchev–Trinajstić information content (AvgIpc) is 2.45. The van der Waals surface area contributed by atoms with E-state index in [0.717, 1.165) is 0 Å². The zero-order valence-corrected chi connectivity index (χ0v) is 12.4. The minimum absolute atomic E-state index is 0.0298. The van der Waals surface area contributed by atoms with Gasteiger partial charge in [0.15, 0.2) is 0 Å². The first-order valence-electron chi connectivity index (χ1n) is 6.35. The number of carbonyl (C=O) groups excluding carboxylic acids is 1. The predicted molar refractivity (Wildman–Crippen MR) is 75.7 cm³/mol. The van der Waals surface area contributed by atoms with Gasteiger partial charge >= 0.3 is 0 Å². The molecule has 0 saturated heterocycles. The molecular weight excluding hydrogens is 280 g/mol. The predicted octanol–water partition coefficient (Wildman–Crippen LogP) is 0.615. The summed E-state index contributed by atoms with van der Waals surface area (Å²) in [6.45, 7) is 3.33. The summed E-state index contributed by atoms with van der Waals surface area (Å²) in [7, 11) is -3.76. The lowest BCUT2D eigenvalue weighted by molar-refractivity contribution is 0.1000. The molecule has 0 fully saturated rings. The highest BCUT2D eigenvalue weighted by molar-refractivity contribution is 7.89. The van der Waals surface area contributed by atoms with E-state index in [0.29, 0.717) is 12.8 Å². The zero-order chi connectivity index (χ0) is 15.4. The minimum atomic E-state index is -3.76. The molecule has 1 aromatic rings. The maximum atomic E-state index is 12.3. The summed E-state index contributed by atoms with van der Waals surface area (Å²) in [5.74, 6) is -0.617. The van der Waals surface area contributed by atoms with Crippen LogP contribution in [0.2, 0.25) is 0 Å². The van der Waals surface area contributed by atoms with Crippen LogP contribution in [0.4, 0.5) is 0 Å². The smallest absolute Gasteiger partial charge is 0.248 e. The van der Waals surface area contributed by atoms with Crippen molar-refractivity contribution in [3.8, 4) is 0 Å². The molecule has 0 aliphatic heterocycles. The summed E-state index contributed by atoms with van der Waals surface area (Å²) < 4.78 is 27.1. The van der Waals surface area contributed by atoms with Crippen LogP contribution in [-0.4, -0.2) is 31.6 Å². The molecule has 1 aromatic carbocycles. The average molecular weight is 300 g/mol. The first-order chi connectivity index (χ1) is 9.30. The molecule has 0 spiro atoms. The lowest BCUT2D eigenvalue weighted by atomic mass is 9.96. The Balaban J connectivity index is 3.07. The minimum Gasteiger partial charge on any atom is -0.394 e. The molecule has 6 nitrogen and oxygen atoms in total. The van der Waals surface area contributed by atoms with E-state index < -0.39 is 21.5 Å². The molecule has 0 atom stereocenters. The lowest BCUT2D eigenvalue weighted by Gasteiger charge is -2.30. The second kappa shape index (κ2) is 6.34. The number of aliphatic hydroxyl groups excluding tert-OH is 1. The Morgan fingerprint density at radius 2 is 1.75 bits per heavy atom. The molecule has 20 heavy (non-hydrogen) atoms. The number of rotatable bonds is 7. The molecule has 112 valence electrons. The van der Waals surface area contributed by atoms with Gasteiger partial charge in [0.25, 0.3) is 0 Å². The molecule has 0 aliphatic rings. The summed E-state index contributed by atoms with van der Waals surface area (Å²) in [5, 5.41) is 9.42. The molecule has 1 rings (SSSR count). The molecule has 0 heterocycles. The van der Waals surface area contributed by atoms with Crippen molar-refractivity contribution in [3.05, 3.63) is 29.8 Å². The molecule has 0 unspecified atom stereocenters. The number of nitrogens with one attached hydrogen (secondary N) is 1. The van der Waals surface area contributed by atoms with Crippen molar-refractivity contribution in [2.24, 2.45) is 5.73 Å². The van der Waals surface area contributed by atoms with Gasteiger partial charge in [0.2, 0.25) is 15.9 Å². The van der Waals surface area contributed by atoms with Crippen LogP contribution >= 0.6 is 0 Å². The van der Waals surface area contributed by atoms with Crippen LogP contribution in [0.1, 0.15) is 37.0 Å². The van der Waals surface area contributed by atoms with Gasteiger partial charge < -0.3 is 10.8 Å². The van der Waals surface area contributed by atoms with E-state index in [9.17, 15) is 18.3 Å². The molecule has 0 bridgehead atoms. The molecular formula is C13H20N2O4S. The monoisotopic (exact) mass is 300 g/mol. The SMILES string of the molecule is CCC(CC)(CO)NS(=O)(=O)c1ccc(C(N)=O)cc1. The first-order valence-corrected chi connectivity index (χ1v) is 7.83. The second-order valence-corrected chi connectivity index (χ2v) is 6.32. The molecule has 0 radical (unpaired) electrons. The van der Waals surface area contributed by atoms with Gasteiger partial charge in [-0.05, 0) is 37.1 Å². The molecule has 0 aromatic heterocycles. The number of hydrogen-bond acceptors (Lipinski definition) is 4. The summed E-state index contributed by atoms with van der Waals surface area (Å²) in [4.78, 5) is 11.0. The lowest BCUT2D eigenvalue weighted by Crippen LogP contribution is -2.50. The van der Waals surface area contributed by atoms with Crippen LogP contribution in [0.25, 0.3) is 0 Å². The maximum Gasteiger partial charge on any atom is 0.248 e. The van der Waals surface area contributed by atoms with Crippen LogP contribution in [0.3, 0.4) is 0 Å². The van der Waals surface area contributed by atoms with Gasteiger partial charge in [-0.2, -0.15) is 0 Å². The number of aliphatic hydroxyl groups is 1. The van der Waals surface area contributed by atoms with Gasteiger partial charge in [-0.25, -0.2) is 13.1 Å². The molecule has 7 heteroatoms. The van der Waals surface area contributed by atoms with Crippen molar-refractivity contribution in [1.29, 1.82) is 0 Å². The Bertz CT molecular complexity index is 554. The number of amides is 1. The third-order valence-electron chi connectivity index (χ3n) is 3.46. The van der Waals surface area contributed by atoms with E-state index in [1.807, 2.05) is 0 Å². The van der Waals surface area contributed by atoms with Gasteiger partial charge in [-0.15, -0.1) is 0 Å². The number of primary amides is 1. The van der Waals surface area contributed by atoms with Crippen molar-refractivity contribution in [3.63, 3.8) is 0 Å². The second-order valence-electron chi connectivity index (χ2n) is 4.64. The van der Waals surface area contributed by atoms with E-state index in [4.69, 9.17) is 5.73 Å². The number of sulfonamides is 1. The summed E-state index contributed by atoms with van der Waals surface area (Å²) in [6.07, 6.45) is 0.942. The molecule has 4 N–H and O–H groups in total. The van der Waals surface area contributed by atoms with E-state index in [1.165, 1.54) is 24.3 Å². The third kappa shape index (κ3) is 3.56. The standard InChI is InChI=1S/C13H20N2O4S/c1-3-13(4-2,9-16)15-20(18,19)11-7-5-10(6-8-11)12(14)17/h5-8,15-16H,3-4,9H2,1-2H3,(H2,14,17). The van der Waals surface area contributed by atoms with E-state index in [2.05, 4.69) is 4.72 Å². The van der Waals surface area contributed by atoms with Crippen LogP contribution in [-0.2, 0) is 10.0 Å². The topological polar surface area (TPSA) is 109 Å². The fourth-order valence-corrected chi connectivity index (χ4v) is 3.33. The van der Waals surface area contributed by atoms with Crippen molar-refractivity contribution in [2.45, 2.75) is 37.1 Å². The van der Waals surface area contributed by atoms with Gasteiger partial charge in [0, 0.05) is 5.56 Å². The quantitative estimate of drug-likeness (QED) is 0.685. The molecule has 0 aliphatic carbocycles. The molecule has 1 amide bonds. The Morgan fingerprint density at radius 1 is 1.25 bits per heavy atom. The van der Waals surface area contributed by atoms with Crippen LogP contribution in [0.5, 0.6) is 0 Å². The number of hydrogen-bond donors (Lipinski definition) is 3. The highest BCUT2D eigenvalue weighted by atomic mass is 32.2. The highest BCUT2D eigenvalue weighted by Crippen LogP contribution is 2.19. The fraction of sp³-hybridized carbons (Fsp3) is 0.462. The maximum absolute atomic E-state index is 12.3. The zero-order valence-electron chi connectivity index (χ0n) is 11.6. The van der Waals surface area contributed by atoms with Crippen LogP contribution in [0, 0.1) is 0 Å². The Labute approximate surface area is 119 Å². The van der Waals surface area contributed by atoms with Gasteiger partial charge in [-0.1, -0.05) is 13.8 Å². The van der Waals surface area contributed by atoms with Crippen molar-refractivity contribution < 1.29 is 18.3 Å². The fourth-order valence-electron chi connectivity index (χ4n) is 1.79. The van der Waals surface area contributed by atoms with Crippen LogP contribution < -0.4 is 10.5 Å². The summed E-state index contributed by atoms with van der Waals surface area (Å²) in [5.41, 5.74) is 4.47. The Morgan fingerprint density at radius 3 is 2.10 bits per heavy atom. The summed E-state index contributed by atoms with van der Waals surface area (Å²) >= 11 is 0. The van der Waals surface area contributed by atoms with Crippen molar-refractivity contribution >= 4 is 15.9 Å². The van der Waals surface area contributed by atoms with E-state index >= 15 is 0 Å². The first kappa shape index (κ1) is 16.6. The van der Waals surface area contributed by atoms with Gasteiger partial charge in [-0.3, -0.25) is 4.79 Å². The largest absolute Gasteiger partial charge is 0.394 e. The van der Waals surface area contributed by atoms with E-state index in [1.54, 1.807) is 13.8 Å². The van der Waals surface area contributed by atoms with Crippen molar-refractivity contribution in [2.75, 3.05) is 6.61 Å². The highest BCUT2D eigenvalue weighted by Gasteiger charge is 2.31. The van der Waals surface area contributed by atoms with Crippen molar-refractivity contribution in [1.82, 2.24) is 4.72 Å². The number of benzene rings is 1. The van der Waals surface area contributed by atoms with Crippen LogP contribution in [0.15, 0.2) is 29.2 Å². The number of nitrogens with two attached hydrogens (primary N) is 1. The Hall–Kier alpha value is -1.44. The normalized spacial score (nSPS) is 12.3. The third-order valence-corrected chi connectivity index (χ3v) is 5.05. The Kier molecular flexibility index (Phi) is 5.27.